The Bertz CT molecular complexity index is 1480. The summed E-state index contributed by atoms with van der Waals surface area (Å²) in [4.78, 5) is 13.2. The minimum atomic E-state index is -0.0508. The van der Waals surface area contributed by atoms with Crippen LogP contribution in [0.3, 0.4) is 0 Å². The van der Waals surface area contributed by atoms with Crippen molar-refractivity contribution in [2.75, 3.05) is 19.5 Å². The predicted octanol–water partition coefficient (Wildman–Crippen LogP) is 5.11. The van der Waals surface area contributed by atoms with Crippen LogP contribution >= 0.6 is 0 Å². The number of nitrogens with two attached hydrogens (primary N) is 1. The van der Waals surface area contributed by atoms with E-state index < -0.39 is 0 Å². The van der Waals surface area contributed by atoms with Gasteiger partial charge in [0, 0.05) is 29.8 Å². The summed E-state index contributed by atoms with van der Waals surface area (Å²) >= 11 is 0. The lowest BCUT2D eigenvalue weighted by Gasteiger charge is -2.15. The summed E-state index contributed by atoms with van der Waals surface area (Å²) in [5, 5.41) is 10.6. The number of hydrogen-bond donors (Lipinski definition) is 2. The highest BCUT2D eigenvalue weighted by atomic mass is 16.5. The van der Waals surface area contributed by atoms with Crippen LogP contribution in [-0.4, -0.2) is 38.3 Å². The largest absolute Gasteiger partial charge is 0.493 e. The van der Waals surface area contributed by atoms with Crippen molar-refractivity contribution < 1.29 is 14.6 Å². The van der Waals surface area contributed by atoms with Crippen LogP contribution < -0.4 is 15.2 Å². The Morgan fingerprint density at radius 1 is 1.11 bits per heavy atom. The molecule has 1 saturated carbocycles. The van der Waals surface area contributed by atoms with Gasteiger partial charge in [0.15, 0.2) is 11.5 Å². The third-order valence-electron chi connectivity index (χ3n) is 6.72. The Labute approximate surface area is 216 Å². The minimum Gasteiger partial charge on any atom is -0.493 e. The molecule has 0 aliphatic heterocycles. The smallest absolute Gasteiger partial charge is 0.219 e. The molecule has 0 spiro atoms. The first-order valence-electron chi connectivity index (χ1n) is 12.6. The Balaban J connectivity index is 1.66. The van der Waals surface area contributed by atoms with E-state index in [0.717, 1.165) is 35.4 Å². The summed E-state index contributed by atoms with van der Waals surface area (Å²) in [6, 6.07) is 11.3. The van der Waals surface area contributed by atoms with Crippen LogP contribution in [0.1, 0.15) is 43.5 Å². The summed E-state index contributed by atoms with van der Waals surface area (Å²) in [6.07, 6.45) is 7.35. The molecule has 8 nitrogen and oxygen atoms in total. The fourth-order valence-corrected chi connectivity index (χ4v) is 4.93. The molecule has 190 valence electrons. The van der Waals surface area contributed by atoms with Crippen molar-refractivity contribution in [2.45, 2.75) is 45.6 Å². The number of pyridine rings is 1. The summed E-state index contributed by atoms with van der Waals surface area (Å²) < 4.78 is 13.7. The van der Waals surface area contributed by atoms with Gasteiger partial charge in [-0.3, -0.25) is 0 Å². The lowest BCUT2D eigenvalue weighted by atomic mass is 9.89. The van der Waals surface area contributed by atoms with E-state index in [2.05, 4.69) is 26.8 Å². The first kappa shape index (κ1) is 24.6. The van der Waals surface area contributed by atoms with Crippen molar-refractivity contribution in [1.29, 1.82) is 0 Å². The van der Waals surface area contributed by atoms with Crippen LogP contribution in [0.25, 0.3) is 22.2 Å². The molecule has 0 atom stereocenters. The van der Waals surface area contributed by atoms with Crippen LogP contribution in [0, 0.1) is 24.7 Å². The number of aryl methyl sites for hydroxylation is 1. The van der Waals surface area contributed by atoms with E-state index in [4.69, 9.17) is 15.2 Å². The molecule has 0 saturated heterocycles. The van der Waals surface area contributed by atoms with Crippen LogP contribution in [0.15, 0.2) is 42.7 Å². The molecular formula is C29H31N5O3. The lowest BCUT2D eigenvalue weighted by Crippen LogP contribution is -2.07. The third kappa shape index (κ3) is 5.09. The highest BCUT2D eigenvalue weighted by Crippen LogP contribution is 2.41. The highest BCUT2D eigenvalue weighted by molar-refractivity contribution is 6.03. The summed E-state index contributed by atoms with van der Waals surface area (Å²) in [7, 11) is 1.60. The average Bonchev–Trinajstić information content (AvgIpc) is 3.23. The van der Waals surface area contributed by atoms with Crippen molar-refractivity contribution in [3.63, 3.8) is 0 Å². The summed E-state index contributed by atoms with van der Waals surface area (Å²) in [6.45, 7) is 2.21. The van der Waals surface area contributed by atoms with Crippen molar-refractivity contribution in [3.8, 4) is 40.3 Å². The van der Waals surface area contributed by atoms with E-state index >= 15 is 0 Å². The zero-order valence-electron chi connectivity index (χ0n) is 21.2. The van der Waals surface area contributed by atoms with Gasteiger partial charge in [-0.2, -0.15) is 0 Å². The molecule has 1 aromatic carbocycles. The zero-order chi connectivity index (χ0) is 25.8. The number of nitrogens with zero attached hydrogens (tertiary/aromatic N) is 4. The maximum absolute atomic E-state index is 9.86. The fraction of sp³-hybridized carbons (Fsp3) is 0.345. The number of aromatic nitrogens is 4. The van der Waals surface area contributed by atoms with Gasteiger partial charge in [0.2, 0.25) is 5.88 Å². The number of hydrogen-bond acceptors (Lipinski definition) is 7. The first-order valence-corrected chi connectivity index (χ1v) is 12.6. The topological polar surface area (TPSA) is 108 Å². The van der Waals surface area contributed by atoms with Crippen LogP contribution in [0.5, 0.6) is 17.4 Å². The summed E-state index contributed by atoms with van der Waals surface area (Å²) in [5.41, 5.74) is 10.3. The van der Waals surface area contributed by atoms with Gasteiger partial charge in [-0.1, -0.05) is 37.3 Å². The normalized spacial score (nSPS) is 13.8. The van der Waals surface area contributed by atoms with Crippen LogP contribution in [0.4, 0.5) is 5.82 Å². The standard InChI is InChI=1S/C29H31N5O3/c1-19-7-6-10-25(33-19)37-23-14-12-21(17-24(23)36-2)26-22(13-11-20-8-4-3-5-9-20)34(15-16-35)29-27(26)28(30)31-18-32-29/h6-7,10,12,14,17-18,20,35H,3-5,8-9,15-16H2,1-2H3,(H2,30,31,32). The molecule has 0 bridgehead atoms. The number of methoxy groups -OCH3 is 1. The molecule has 3 heterocycles. The predicted molar refractivity (Wildman–Crippen MR) is 144 cm³/mol. The van der Waals surface area contributed by atoms with Crippen molar-refractivity contribution in [1.82, 2.24) is 19.5 Å². The van der Waals surface area contributed by atoms with Gasteiger partial charge in [-0.15, -0.1) is 0 Å². The second kappa shape index (κ2) is 10.9. The van der Waals surface area contributed by atoms with E-state index in [1.165, 1.54) is 25.6 Å². The molecule has 37 heavy (non-hydrogen) atoms. The second-order valence-electron chi connectivity index (χ2n) is 9.25. The number of nitrogen functional groups attached to an aromatic ring is 1. The number of benzene rings is 1. The molecule has 0 amide bonds. The molecular weight excluding hydrogens is 466 g/mol. The molecule has 0 unspecified atom stereocenters. The minimum absolute atomic E-state index is 0.0508. The highest BCUT2D eigenvalue weighted by Gasteiger charge is 2.23. The second-order valence-corrected chi connectivity index (χ2v) is 9.25. The van der Waals surface area contributed by atoms with Gasteiger partial charge >= 0.3 is 0 Å². The Kier molecular flexibility index (Phi) is 7.24. The lowest BCUT2D eigenvalue weighted by molar-refractivity contribution is 0.277. The van der Waals surface area contributed by atoms with E-state index in [0.29, 0.717) is 46.7 Å². The van der Waals surface area contributed by atoms with E-state index in [1.807, 2.05) is 41.8 Å². The molecule has 3 N–H and O–H groups in total. The van der Waals surface area contributed by atoms with Gasteiger partial charge in [0.05, 0.1) is 19.1 Å². The fourth-order valence-electron chi connectivity index (χ4n) is 4.93. The number of ether oxygens (including phenoxy) is 2. The van der Waals surface area contributed by atoms with E-state index in [9.17, 15) is 5.11 Å². The molecule has 8 heteroatoms. The number of aliphatic hydroxyl groups is 1. The quantitative estimate of drug-likeness (QED) is 0.356. The Hall–Kier alpha value is -4.09. The van der Waals surface area contributed by atoms with Crippen LogP contribution in [-0.2, 0) is 6.54 Å². The SMILES string of the molecule is COc1cc(-c2c(C#CC3CCCCC3)n(CCO)c3ncnc(N)c23)ccc1Oc1cccc(C)n1. The first-order chi connectivity index (χ1) is 18.1. The average molecular weight is 498 g/mol. The van der Waals surface area contributed by atoms with Crippen molar-refractivity contribution in [2.24, 2.45) is 5.92 Å². The van der Waals surface area contributed by atoms with Gasteiger partial charge in [-0.05, 0) is 49.4 Å². The third-order valence-corrected chi connectivity index (χ3v) is 6.72. The Morgan fingerprint density at radius 2 is 1.95 bits per heavy atom. The molecule has 5 rings (SSSR count). The van der Waals surface area contributed by atoms with E-state index in [1.54, 1.807) is 13.2 Å². The number of fused-ring (bicyclic) bond motifs is 1. The molecule has 1 aliphatic carbocycles. The molecule has 1 aliphatic rings. The van der Waals surface area contributed by atoms with Gasteiger partial charge in [0.1, 0.15) is 23.5 Å². The number of aliphatic hydroxyl groups excluding tert-OH is 1. The molecule has 3 aromatic heterocycles. The number of anilines is 1. The maximum atomic E-state index is 9.86. The molecule has 4 aromatic rings. The van der Waals surface area contributed by atoms with Gasteiger partial charge < -0.3 is 24.9 Å². The molecule has 0 radical (unpaired) electrons. The maximum Gasteiger partial charge on any atom is 0.219 e. The van der Waals surface area contributed by atoms with Crippen molar-refractivity contribution >= 4 is 16.9 Å². The summed E-state index contributed by atoms with van der Waals surface area (Å²) in [5.74, 6) is 9.25. The molecule has 1 fully saturated rings. The van der Waals surface area contributed by atoms with Crippen LogP contribution in [0.2, 0.25) is 0 Å². The Morgan fingerprint density at radius 3 is 2.70 bits per heavy atom. The van der Waals surface area contributed by atoms with Gasteiger partial charge in [0.25, 0.3) is 0 Å². The van der Waals surface area contributed by atoms with E-state index in [-0.39, 0.29) is 6.61 Å². The zero-order valence-corrected chi connectivity index (χ0v) is 21.2. The number of rotatable bonds is 6. The van der Waals surface area contributed by atoms with Crippen molar-refractivity contribution in [3.05, 3.63) is 54.1 Å². The van der Waals surface area contributed by atoms with Gasteiger partial charge in [-0.25, -0.2) is 15.0 Å². The monoisotopic (exact) mass is 497 g/mol.